The molecule has 0 unspecified atom stereocenters. The maximum atomic E-state index is 11.9. The Morgan fingerprint density at radius 3 is 2.55 bits per heavy atom. The summed E-state index contributed by atoms with van der Waals surface area (Å²) in [6, 6.07) is 2.13. The van der Waals surface area contributed by atoms with Crippen molar-refractivity contribution in [3.8, 4) is 0 Å². The summed E-state index contributed by atoms with van der Waals surface area (Å²) in [6.45, 7) is 5.98. The number of carbonyl (C=O) groups is 1. The number of hydrogen-bond acceptors (Lipinski definition) is 7. The van der Waals surface area contributed by atoms with E-state index in [0.29, 0.717) is 23.2 Å². The minimum Gasteiger partial charge on any atom is -0.444 e. The molecule has 1 aliphatic rings. The zero-order valence-corrected chi connectivity index (χ0v) is 18.0. The van der Waals surface area contributed by atoms with Gasteiger partial charge in [0.2, 0.25) is 5.95 Å². The summed E-state index contributed by atoms with van der Waals surface area (Å²) in [7, 11) is 1.63. The molecule has 0 radical (unpaired) electrons. The summed E-state index contributed by atoms with van der Waals surface area (Å²) in [4.78, 5) is 25.2. The van der Waals surface area contributed by atoms with Crippen LogP contribution < -0.4 is 10.6 Å². The van der Waals surface area contributed by atoms with Crippen molar-refractivity contribution in [3.05, 3.63) is 23.0 Å². The second-order valence-electron chi connectivity index (χ2n) is 8.30. The Labute approximate surface area is 175 Å². The van der Waals surface area contributed by atoms with Gasteiger partial charge in [0, 0.05) is 24.8 Å². The molecular weight excluding hydrogens is 394 g/mol. The fraction of sp³-hybridized carbons (Fsp3) is 0.600. The van der Waals surface area contributed by atoms with E-state index in [0.717, 1.165) is 36.8 Å². The van der Waals surface area contributed by atoms with Crippen molar-refractivity contribution in [3.63, 3.8) is 0 Å². The normalized spacial score (nSPS) is 19.8. The molecule has 0 saturated heterocycles. The molecule has 8 nitrogen and oxygen atoms in total. The summed E-state index contributed by atoms with van der Waals surface area (Å²) in [6.07, 6.45) is 4.87. The molecule has 2 heterocycles. The zero-order chi connectivity index (χ0) is 21.0. The lowest BCUT2D eigenvalue weighted by molar-refractivity contribution is 0.0492. The van der Waals surface area contributed by atoms with Crippen LogP contribution in [0.4, 0.5) is 10.7 Å². The Kier molecular flexibility index (Phi) is 6.74. The number of anilines is 1. The van der Waals surface area contributed by atoms with Gasteiger partial charge in [0.05, 0.1) is 18.3 Å². The van der Waals surface area contributed by atoms with Gasteiger partial charge in [-0.25, -0.2) is 19.7 Å². The Hall–Kier alpha value is -2.19. The van der Waals surface area contributed by atoms with Crippen molar-refractivity contribution < 1.29 is 14.3 Å². The number of halogens is 1. The monoisotopic (exact) mass is 421 g/mol. The summed E-state index contributed by atoms with van der Waals surface area (Å²) < 4.78 is 10.6. The number of nitrogens with one attached hydrogen (secondary N) is 2. The second kappa shape index (κ2) is 9.09. The number of alkyl carbamates (subject to hydrolysis) is 1. The quantitative estimate of drug-likeness (QED) is 0.702. The van der Waals surface area contributed by atoms with Crippen molar-refractivity contribution in [1.82, 2.24) is 20.3 Å². The first-order valence-electron chi connectivity index (χ1n) is 9.80. The smallest absolute Gasteiger partial charge is 0.407 e. The molecule has 1 fully saturated rings. The Morgan fingerprint density at radius 1 is 1.21 bits per heavy atom. The van der Waals surface area contributed by atoms with E-state index < -0.39 is 5.60 Å². The Balaban J connectivity index is 1.59. The highest BCUT2D eigenvalue weighted by Crippen LogP contribution is 2.24. The van der Waals surface area contributed by atoms with Gasteiger partial charge in [-0.3, -0.25) is 0 Å². The zero-order valence-electron chi connectivity index (χ0n) is 17.3. The summed E-state index contributed by atoms with van der Waals surface area (Å²) in [5, 5.41) is 6.75. The SMILES string of the molecule is COCc1cc(Cl)nc2cnc(NC3CCC(NC(=O)OC(C)(C)C)CC3)nc12. The predicted octanol–water partition coefficient (Wildman–Crippen LogP) is 4.07. The molecule has 1 saturated carbocycles. The molecule has 0 aromatic carbocycles. The lowest BCUT2D eigenvalue weighted by atomic mass is 9.91. The van der Waals surface area contributed by atoms with E-state index in [4.69, 9.17) is 21.1 Å². The highest BCUT2D eigenvalue weighted by Gasteiger charge is 2.25. The van der Waals surface area contributed by atoms with E-state index in [1.54, 1.807) is 19.4 Å². The number of rotatable bonds is 5. The minimum absolute atomic E-state index is 0.125. The second-order valence-corrected chi connectivity index (χ2v) is 8.69. The van der Waals surface area contributed by atoms with Crippen molar-refractivity contribution in [1.29, 1.82) is 0 Å². The van der Waals surface area contributed by atoms with Gasteiger partial charge < -0.3 is 20.1 Å². The van der Waals surface area contributed by atoms with Crippen LogP contribution in [0.2, 0.25) is 5.15 Å². The number of nitrogens with zero attached hydrogens (tertiary/aromatic N) is 3. The largest absolute Gasteiger partial charge is 0.444 e. The van der Waals surface area contributed by atoms with Gasteiger partial charge in [0.15, 0.2) is 0 Å². The van der Waals surface area contributed by atoms with Crippen molar-refractivity contribution in [2.75, 3.05) is 12.4 Å². The molecule has 1 amide bonds. The van der Waals surface area contributed by atoms with Crippen LogP contribution in [0.15, 0.2) is 12.3 Å². The first-order chi connectivity index (χ1) is 13.7. The van der Waals surface area contributed by atoms with E-state index in [2.05, 4.69) is 25.6 Å². The van der Waals surface area contributed by atoms with Gasteiger partial charge in [-0.2, -0.15) is 0 Å². The maximum absolute atomic E-state index is 11.9. The third kappa shape index (κ3) is 6.14. The van der Waals surface area contributed by atoms with Crippen molar-refractivity contribution in [2.24, 2.45) is 0 Å². The van der Waals surface area contributed by atoms with Gasteiger partial charge in [-0.15, -0.1) is 0 Å². The number of hydrogen-bond donors (Lipinski definition) is 2. The van der Waals surface area contributed by atoms with E-state index in [1.165, 1.54) is 0 Å². The van der Waals surface area contributed by atoms with Crippen LogP contribution in [-0.2, 0) is 16.1 Å². The average molecular weight is 422 g/mol. The number of amides is 1. The van der Waals surface area contributed by atoms with Crippen LogP contribution in [0.25, 0.3) is 11.0 Å². The van der Waals surface area contributed by atoms with Gasteiger partial charge in [0.25, 0.3) is 0 Å². The standard InChI is InChI=1S/C20H28ClN5O3/c1-20(2,3)29-19(27)24-14-7-5-13(6-8-14)23-18-22-10-15-17(26-18)12(11-28-4)9-16(21)25-15/h9-10,13-14H,5-8,11H2,1-4H3,(H,24,27)(H,22,23,26). The average Bonchev–Trinajstić information content (AvgIpc) is 2.62. The summed E-state index contributed by atoms with van der Waals surface area (Å²) >= 11 is 6.06. The molecule has 0 atom stereocenters. The van der Waals surface area contributed by atoms with Crippen LogP contribution in [0, 0.1) is 0 Å². The predicted molar refractivity (Wildman–Crippen MR) is 112 cm³/mol. The van der Waals surface area contributed by atoms with Crippen molar-refractivity contribution >= 4 is 34.7 Å². The van der Waals surface area contributed by atoms with Gasteiger partial charge in [0.1, 0.15) is 16.3 Å². The van der Waals surface area contributed by atoms with Crippen LogP contribution in [0.1, 0.15) is 52.0 Å². The number of ether oxygens (including phenoxy) is 2. The number of fused-ring (bicyclic) bond motifs is 1. The topological polar surface area (TPSA) is 98.3 Å². The number of carbonyl (C=O) groups excluding carboxylic acids is 1. The molecular formula is C20H28ClN5O3. The minimum atomic E-state index is -0.489. The third-order valence-corrected chi connectivity index (χ3v) is 4.87. The maximum Gasteiger partial charge on any atom is 0.407 e. The fourth-order valence-electron chi connectivity index (χ4n) is 3.43. The lowest BCUT2D eigenvalue weighted by Gasteiger charge is -2.30. The number of aromatic nitrogens is 3. The van der Waals surface area contributed by atoms with Crippen LogP contribution in [0.3, 0.4) is 0 Å². The van der Waals surface area contributed by atoms with Gasteiger partial charge >= 0.3 is 6.09 Å². The Bertz CT molecular complexity index is 863. The van der Waals surface area contributed by atoms with E-state index >= 15 is 0 Å². The molecule has 0 bridgehead atoms. The molecule has 2 N–H and O–H groups in total. The first-order valence-corrected chi connectivity index (χ1v) is 10.2. The molecule has 2 aromatic rings. The van der Waals surface area contributed by atoms with Crippen LogP contribution in [0.5, 0.6) is 0 Å². The molecule has 2 aromatic heterocycles. The Morgan fingerprint density at radius 2 is 1.90 bits per heavy atom. The van der Waals surface area contributed by atoms with E-state index in [-0.39, 0.29) is 18.2 Å². The molecule has 0 aliphatic heterocycles. The lowest BCUT2D eigenvalue weighted by Crippen LogP contribution is -2.42. The molecule has 1 aliphatic carbocycles. The molecule has 3 rings (SSSR count). The van der Waals surface area contributed by atoms with Gasteiger partial charge in [-0.05, 0) is 52.5 Å². The molecule has 29 heavy (non-hydrogen) atoms. The summed E-state index contributed by atoms with van der Waals surface area (Å²) in [5.41, 5.74) is 1.75. The summed E-state index contributed by atoms with van der Waals surface area (Å²) in [5.74, 6) is 0.558. The molecule has 0 spiro atoms. The molecule has 9 heteroatoms. The first kappa shape index (κ1) is 21.5. The highest BCUT2D eigenvalue weighted by molar-refractivity contribution is 6.29. The van der Waals surface area contributed by atoms with Crippen LogP contribution in [-0.4, -0.2) is 45.8 Å². The highest BCUT2D eigenvalue weighted by atomic mass is 35.5. The van der Waals surface area contributed by atoms with E-state index in [1.807, 2.05) is 20.8 Å². The van der Waals surface area contributed by atoms with Crippen molar-refractivity contribution in [2.45, 2.75) is 70.7 Å². The number of pyridine rings is 1. The number of methoxy groups -OCH3 is 1. The van der Waals surface area contributed by atoms with Crippen LogP contribution >= 0.6 is 11.6 Å². The van der Waals surface area contributed by atoms with Gasteiger partial charge in [-0.1, -0.05) is 11.6 Å². The third-order valence-electron chi connectivity index (χ3n) is 4.68. The molecule has 158 valence electrons. The van der Waals surface area contributed by atoms with E-state index in [9.17, 15) is 4.79 Å². The fourth-order valence-corrected chi connectivity index (χ4v) is 3.65.